The third kappa shape index (κ3) is 6.49. The number of carbonyl (C=O) groups excluding carboxylic acids is 1. The average Bonchev–Trinajstić information content (AvgIpc) is 3.13. The van der Waals surface area contributed by atoms with Crippen molar-refractivity contribution < 1.29 is 19.0 Å². The van der Waals surface area contributed by atoms with Gasteiger partial charge in [-0.25, -0.2) is 0 Å². The van der Waals surface area contributed by atoms with E-state index in [4.69, 9.17) is 14.2 Å². The quantitative estimate of drug-likeness (QED) is 0.342. The van der Waals surface area contributed by atoms with Gasteiger partial charge < -0.3 is 19.5 Å². The van der Waals surface area contributed by atoms with Crippen LogP contribution in [-0.4, -0.2) is 43.4 Å². The molecule has 31 heavy (non-hydrogen) atoms. The molecule has 2 aromatic rings. The molecule has 8 heteroatoms. The van der Waals surface area contributed by atoms with Crippen LogP contribution in [0.2, 0.25) is 0 Å². The van der Waals surface area contributed by atoms with Crippen LogP contribution in [0, 0.1) is 0 Å². The smallest absolute Gasteiger partial charge is 0.239 e. The maximum absolute atomic E-state index is 12.3. The van der Waals surface area contributed by atoms with Gasteiger partial charge in [0.15, 0.2) is 16.7 Å². The van der Waals surface area contributed by atoms with Crippen molar-refractivity contribution in [3.63, 3.8) is 0 Å². The summed E-state index contributed by atoms with van der Waals surface area (Å²) in [7, 11) is 3.23. The molecule has 3 rings (SSSR count). The van der Waals surface area contributed by atoms with E-state index < -0.39 is 0 Å². The average molecular weight is 442 g/mol. The number of benzene rings is 2. The standard InChI is InChI=1S/C23H27N3O4S/c1-4-5-11-30-19-10-9-17(13-20(19)29-3)15-24-26-23-25-22(27)21(31-23)14-16-7-6-8-18(12-16)28-2/h6-10,12-13,15,21H,4-5,11,14H2,1-3H3,(H,25,26,27)/b24-15-/t21-/m1/s1. The first-order chi connectivity index (χ1) is 15.1. The number of thioether (sulfide) groups is 1. The Morgan fingerprint density at radius 3 is 2.77 bits per heavy atom. The topological polar surface area (TPSA) is 81.5 Å². The fourth-order valence-corrected chi connectivity index (χ4v) is 3.92. The number of amides is 1. The minimum atomic E-state index is -0.249. The van der Waals surface area contributed by atoms with Gasteiger partial charge in [-0.15, -0.1) is 5.10 Å². The van der Waals surface area contributed by atoms with Crippen LogP contribution in [0.25, 0.3) is 0 Å². The van der Waals surface area contributed by atoms with E-state index in [1.165, 1.54) is 11.8 Å². The number of hydrogen-bond donors (Lipinski definition) is 1. The Hall–Kier alpha value is -3.00. The molecule has 0 unspecified atom stereocenters. The minimum Gasteiger partial charge on any atom is -0.497 e. The highest BCUT2D eigenvalue weighted by Gasteiger charge is 2.30. The number of hydrogen-bond acceptors (Lipinski definition) is 7. The van der Waals surface area contributed by atoms with Gasteiger partial charge in [-0.05, 0) is 54.3 Å². The maximum atomic E-state index is 12.3. The van der Waals surface area contributed by atoms with Crippen molar-refractivity contribution in [1.82, 2.24) is 5.32 Å². The Bertz CT molecular complexity index is 962. The first kappa shape index (κ1) is 22.7. The molecule has 0 bridgehead atoms. The van der Waals surface area contributed by atoms with E-state index in [2.05, 4.69) is 22.4 Å². The van der Waals surface area contributed by atoms with Gasteiger partial charge >= 0.3 is 0 Å². The lowest BCUT2D eigenvalue weighted by atomic mass is 10.1. The van der Waals surface area contributed by atoms with Crippen molar-refractivity contribution in [3.05, 3.63) is 53.6 Å². The summed E-state index contributed by atoms with van der Waals surface area (Å²) in [6, 6.07) is 13.3. The largest absolute Gasteiger partial charge is 0.497 e. The van der Waals surface area contributed by atoms with E-state index in [1.807, 2.05) is 42.5 Å². The van der Waals surface area contributed by atoms with Crippen molar-refractivity contribution in [1.29, 1.82) is 0 Å². The monoisotopic (exact) mass is 441 g/mol. The Kier molecular flexibility index (Phi) is 8.35. The van der Waals surface area contributed by atoms with Crippen molar-refractivity contribution in [2.75, 3.05) is 20.8 Å². The fraction of sp³-hybridized carbons (Fsp3) is 0.348. The number of amidine groups is 1. The molecule has 164 valence electrons. The predicted molar refractivity (Wildman–Crippen MR) is 125 cm³/mol. The van der Waals surface area contributed by atoms with Crippen LogP contribution in [-0.2, 0) is 11.2 Å². The van der Waals surface area contributed by atoms with E-state index in [0.29, 0.717) is 29.7 Å². The van der Waals surface area contributed by atoms with E-state index in [-0.39, 0.29) is 11.2 Å². The minimum absolute atomic E-state index is 0.0722. The molecular weight excluding hydrogens is 414 g/mol. The molecule has 2 aromatic carbocycles. The number of carbonyl (C=O) groups is 1. The molecule has 1 atom stereocenters. The molecule has 1 N–H and O–H groups in total. The fourth-order valence-electron chi connectivity index (χ4n) is 2.96. The third-order valence-corrected chi connectivity index (χ3v) is 5.70. The third-order valence-electron chi connectivity index (χ3n) is 4.63. The van der Waals surface area contributed by atoms with Crippen LogP contribution < -0.4 is 19.5 Å². The summed E-state index contributed by atoms with van der Waals surface area (Å²) in [5.41, 5.74) is 1.86. The van der Waals surface area contributed by atoms with E-state index in [9.17, 15) is 4.79 Å². The zero-order chi connectivity index (χ0) is 22.1. The number of nitrogens with one attached hydrogen (secondary N) is 1. The van der Waals surface area contributed by atoms with Crippen molar-refractivity contribution in [3.8, 4) is 17.2 Å². The molecule has 1 heterocycles. The van der Waals surface area contributed by atoms with E-state index in [1.54, 1.807) is 20.4 Å². The van der Waals surface area contributed by atoms with Gasteiger partial charge in [-0.3, -0.25) is 4.79 Å². The highest BCUT2D eigenvalue weighted by molar-refractivity contribution is 8.15. The first-order valence-electron chi connectivity index (χ1n) is 10.1. The van der Waals surface area contributed by atoms with Gasteiger partial charge in [-0.1, -0.05) is 37.2 Å². The summed E-state index contributed by atoms with van der Waals surface area (Å²) >= 11 is 1.37. The van der Waals surface area contributed by atoms with Gasteiger partial charge in [0.2, 0.25) is 5.91 Å². The van der Waals surface area contributed by atoms with E-state index >= 15 is 0 Å². The molecule has 1 aliphatic heterocycles. The lowest BCUT2D eigenvalue weighted by molar-refractivity contribution is -0.118. The molecule has 1 fully saturated rings. The van der Waals surface area contributed by atoms with Crippen LogP contribution >= 0.6 is 11.8 Å². The molecule has 0 aromatic heterocycles. The van der Waals surface area contributed by atoms with Crippen molar-refractivity contribution in [2.45, 2.75) is 31.4 Å². The number of unbranched alkanes of at least 4 members (excludes halogenated alkanes) is 1. The van der Waals surface area contributed by atoms with E-state index in [0.717, 1.165) is 29.7 Å². The van der Waals surface area contributed by atoms with Gasteiger partial charge in [0, 0.05) is 0 Å². The summed E-state index contributed by atoms with van der Waals surface area (Å²) in [6.07, 6.45) is 4.27. The number of rotatable bonds is 10. The van der Waals surface area contributed by atoms with Crippen molar-refractivity contribution in [2.24, 2.45) is 10.2 Å². The predicted octanol–water partition coefficient (Wildman–Crippen LogP) is 4.05. The number of methoxy groups -OCH3 is 2. The van der Waals surface area contributed by atoms with Gasteiger partial charge in [0.25, 0.3) is 0 Å². The molecule has 0 aliphatic carbocycles. The second kappa shape index (κ2) is 11.4. The SMILES string of the molecule is CCCCOc1ccc(/C=N\N=C2/NC(=O)[C@@H](Cc3cccc(OC)c3)S2)cc1OC. The first-order valence-corrected chi connectivity index (χ1v) is 11.0. The van der Waals surface area contributed by atoms with Gasteiger partial charge in [-0.2, -0.15) is 5.10 Å². The van der Waals surface area contributed by atoms with Crippen LogP contribution in [0.5, 0.6) is 17.2 Å². The zero-order valence-corrected chi connectivity index (χ0v) is 18.8. The Morgan fingerprint density at radius 1 is 1.13 bits per heavy atom. The maximum Gasteiger partial charge on any atom is 0.239 e. The zero-order valence-electron chi connectivity index (χ0n) is 18.0. The second-order valence-electron chi connectivity index (χ2n) is 6.91. The van der Waals surface area contributed by atoms with Crippen molar-refractivity contribution >= 4 is 29.1 Å². The molecule has 1 saturated heterocycles. The summed E-state index contributed by atoms with van der Waals surface area (Å²) < 4.78 is 16.4. The lowest BCUT2D eigenvalue weighted by Gasteiger charge is -2.10. The molecule has 1 aliphatic rings. The van der Waals surface area contributed by atoms with Crippen LogP contribution in [0.15, 0.2) is 52.7 Å². The Morgan fingerprint density at radius 2 is 2.00 bits per heavy atom. The molecular formula is C23H27N3O4S. The van der Waals surface area contributed by atoms with Gasteiger partial charge in [0.05, 0.1) is 32.3 Å². The van der Waals surface area contributed by atoms with Crippen LogP contribution in [0.1, 0.15) is 30.9 Å². The Labute approximate surface area is 186 Å². The van der Waals surface area contributed by atoms with Crippen LogP contribution in [0.4, 0.5) is 0 Å². The Balaban J connectivity index is 1.60. The highest BCUT2D eigenvalue weighted by Crippen LogP contribution is 2.28. The highest BCUT2D eigenvalue weighted by atomic mass is 32.2. The number of nitrogens with zero attached hydrogens (tertiary/aromatic N) is 2. The second-order valence-corrected chi connectivity index (χ2v) is 8.10. The summed E-state index contributed by atoms with van der Waals surface area (Å²) in [5, 5.41) is 11.3. The molecule has 7 nitrogen and oxygen atoms in total. The summed E-state index contributed by atoms with van der Waals surface area (Å²) in [5.74, 6) is 2.06. The lowest BCUT2D eigenvalue weighted by Crippen LogP contribution is -2.25. The summed E-state index contributed by atoms with van der Waals surface area (Å²) in [6.45, 7) is 2.77. The summed E-state index contributed by atoms with van der Waals surface area (Å²) in [4.78, 5) is 12.3. The molecule has 0 radical (unpaired) electrons. The van der Waals surface area contributed by atoms with Crippen LogP contribution in [0.3, 0.4) is 0 Å². The molecule has 0 spiro atoms. The molecule has 0 saturated carbocycles. The van der Waals surface area contributed by atoms with Gasteiger partial charge in [0.1, 0.15) is 5.75 Å². The normalized spacial score (nSPS) is 17.2. The molecule has 1 amide bonds. The number of ether oxygens (including phenoxy) is 3.